The number of nitrogens with one attached hydrogen (secondary N) is 1. The molecule has 8 nitrogen and oxygen atoms in total. The summed E-state index contributed by atoms with van der Waals surface area (Å²) in [5.74, 6) is -2.55. The molecule has 158 valence electrons. The molecule has 0 saturated carbocycles. The number of allylic oxidation sites excluding steroid dienone is 1. The maximum absolute atomic E-state index is 13.4. The highest BCUT2D eigenvalue weighted by atomic mass is 16.5. The molecule has 4 rings (SSSR count). The lowest BCUT2D eigenvalue weighted by Gasteiger charge is -2.35. The average molecular weight is 420 g/mol. The van der Waals surface area contributed by atoms with Gasteiger partial charge in [0.05, 0.1) is 7.11 Å². The minimum Gasteiger partial charge on any atom is -0.466 e. The van der Waals surface area contributed by atoms with Gasteiger partial charge in [0, 0.05) is 11.3 Å². The van der Waals surface area contributed by atoms with Crippen molar-refractivity contribution >= 4 is 23.5 Å². The summed E-state index contributed by atoms with van der Waals surface area (Å²) in [6.45, 7) is 1.44. The van der Waals surface area contributed by atoms with Gasteiger partial charge < -0.3 is 25.3 Å². The van der Waals surface area contributed by atoms with Gasteiger partial charge in [0.15, 0.2) is 0 Å². The number of esters is 2. The first-order chi connectivity index (χ1) is 14.9. The van der Waals surface area contributed by atoms with Crippen molar-refractivity contribution in [2.24, 2.45) is 5.73 Å². The van der Waals surface area contributed by atoms with Gasteiger partial charge in [-0.3, -0.25) is 4.79 Å². The van der Waals surface area contributed by atoms with Crippen LogP contribution >= 0.6 is 0 Å². The molecule has 0 unspecified atom stereocenters. The van der Waals surface area contributed by atoms with Crippen LogP contribution in [-0.2, 0) is 40.6 Å². The van der Waals surface area contributed by atoms with E-state index in [1.54, 1.807) is 36.4 Å². The molecule has 0 radical (unpaired) electrons. The zero-order valence-electron chi connectivity index (χ0n) is 16.9. The number of benzene rings is 2. The second kappa shape index (κ2) is 7.64. The van der Waals surface area contributed by atoms with Crippen LogP contribution in [0.5, 0.6) is 0 Å². The van der Waals surface area contributed by atoms with E-state index in [4.69, 9.17) is 19.9 Å². The van der Waals surface area contributed by atoms with E-state index >= 15 is 0 Å². The van der Waals surface area contributed by atoms with E-state index < -0.39 is 23.3 Å². The summed E-state index contributed by atoms with van der Waals surface area (Å²) < 4.78 is 15.9. The van der Waals surface area contributed by atoms with Gasteiger partial charge >= 0.3 is 11.9 Å². The molecule has 2 heterocycles. The van der Waals surface area contributed by atoms with Crippen LogP contribution in [0.2, 0.25) is 0 Å². The molecular formula is C23H20N2O6. The summed E-state index contributed by atoms with van der Waals surface area (Å²) in [6.07, 6.45) is 0. The third kappa shape index (κ3) is 3.04. The highest BCUT2D eigenvalue weighted by Gasteiger charge is 2.61. The van der Waals surface area contributed by atoms with Crippen molar-refractivity contribution in [3.8, 4) is 0 Å². The third-order valence-corrected chi connectivity index (χ3v) is 5.34. The first-order valence-corrected chi connectivity index (χ1v) is 9.51. The van der Waals surface area contributed by atoms with Crippen LogP contribution in [0.3, 0.4) is 0 Å². The van der Waals surface area contributed by atoms with Gasteiger partial charge in [0.2, 0.25) is 11.8 Å². The average Bonchev–Trinajstić information content (AvgIpc) is 3.04. The topological polar surface area (TPSA) is 117 Å². The number of ether oxygens (including phenoxy) is 3. The first kappa shape index (κ1) is 20.2. The Labute approximate surface area is 178 Å². The second-order valence-corrected chi connectivity index (χ2v) is 7.08. The largest absolute Gasteiger partial charge is 0.466 e. The molecule has 0 fully saturated rings. The molecule has 2 aliphatic heterocycles. The summed E-state index contributed by atoms with van der Waals surface area (Å²) in [7, 11) is 1.18. The van der Waals surface area contributed by atoms with E-state index in [1.165, 1.54) is 14.0 Å². The maximum Gasteiger partial charge on any atom is 0.341 e. The fourth-order valence-corrected chi connectivity index (χ4v) is 4.04. The zero-order valence-corrected chi connectivity index (χ0v) is 16.9. The Morgan fingerprint density at radius 3 is 2.42 bits per heavy atom. The lowest BCUT2D eigenvalue weighted by Crippen LogP contribution is -2.48. The lowest BCUT2D eigenvalue weighted by atomic mass is 9.67. The first-order valence-electron chi connectivity index (χ1n) is 9.51. The minimum absolute atomic E-state index is 0.0496. The summed E-state index contributed by atoms with van der Waals surface area (Å²) in [5.41, 5.74) is 5.44. The van der Waals surface area contributed by atoms with Crippen LogP contribution in [0, 0.1) is 0 Å². The van der Waals surface area contributed by atoms with E-state index in [-0.39, 0.29) is 29.4 Å². The molecule has 2 aromatic carbocycles. The SMILES string of the molecule is COC(=O)C1=C(C)OC(N)=C(C(=O)OCc2ccccc2)[C@]12C(=O)Nc1ccccc12. The quantitative estimate of drug-likeness (QED) is 0.729. The fourth-order valence-electron chi connectivity index (χ4n) is 4.04. The molecule has 1 atom stereocenters. The number of nitrogens with two attached hydrogens (primary N) is 1. The highest BCUT2D eigenvalue weighted by molar-refractivity contribution is 6.21. The maximum atomic E-state index is 13.4. The van der Waals surface area contributed by atoms with Crippen LogP contribution < -0.4 is 11.1 Å². The summed E-state index contributed by atoms with van der Waals surface area (Å²) >= 11 is 0. The lowest BCUT2D eigenvalue weighted by molar-refractivity contribution is -0.143. The molecule has 0 saturated heterocycles. The predicted octanol–water partition coefficient (Wildman–Crippen LogP) is 2.27. The van der Waals surface area contributed by atoms with Crippen molar-refractivity contribution in [2.75, 3.05) is 12.4 Å². The van der Waals surface area contributed by atoms with Gasteiger partial charge in [-0.1, -0.05) is 48.5 Å². The van der Waals surface area contributed by atoms with Crippen LogP contribution in [0.25, 0.3) is 0 Å². The van der Waals surface area contributed by atoms with Gasteiger partial charge in [-0.15, -0.1) is 0 Å². The molecule has 0 aromatic heterocycles. The molecular weight excluding hydrogens is 400 g/mol. The van der Waals surface area contributed by atoms with Gasteiger partial charge in [0.25, 0.3) is 0 Å². The van der Waals surface area contributed by atoms with Crippen molar-refractivity contribution in [3.05, 3.63) is 88.5 Å². The van der Waals surface area contributed by atoms with Crippen molar-refractivity contribution in [1.29, 1.82) is 0 Å². The van der Waals surface area contributed by atoms with Crippen molar-refractivity contribution in [2.45, 2.75) is 18.9 Å². The van der Waals surface area contributed by atoms with Crippen LogP contribution in [-0.4, -0.2) is 25.0 Å². The van der Waals surface area contributed by atoms with Crippen molar-refractivity contribution in [3.63, 3.8) is 0 Å². The number of amides is 1. The number of hydrogen-bond acceptors (Lipinski definition) is 7. The van der Waals surface area contributed by atoms with E-state index in [1.807, 2.05) is 18.2 Å². The Hall–Kier alpha value is -4.07. The Kier molecular flexibility index (Phi) is 4.98. The van der Waals surface area contributed by atoms with Crippen LogP contribution in [0.15, 0.2) is 77.4 Å². The van der Waals surface area contributed by atoms with Gasteiger partial charge in [0.1, 0.15) is 28.9 Å². The summed E-state index contributed by atoms with van der Waals surface area (Å²) in [4.78, 5) is 39.5. The van der Waals surface area contributed by atoms with E-state index in [9.17, 15) is 14.4 Å². The molecule has 8 heteroatoms. The Morgan fingerprint density at radius 2 is 1.71 bits per heavy atom. The normalized spacial score (nSPS) is 19.6. The number of para-hydroxylation sites is 1. The van der Waals surface area contributed by atoms with Gasteiger partial charge in [-0.05, 0) is 18.6 Å². The molecule has 2 aromatic rings. The van der Waals surface area contributed by atoms with Crippen molar-refractivity contribution in [1.82, 2.24) is 0 Å². The number of carbonyl (C=O) groups excluding carboxylic acids is 3. The van der Waals surface area contributed by atoms with E-state index in [0.717, 1.165) is 5.56 Å². The van der Waals surface area contributed by atoms with Gasteiger partial charge in [-0.25, -0.2) is 9.59 Å². The highest BCUT2D eigenvalue weighted by Crippen LogP contribution is 2.52. The molecule has 31 heavy (non-hydrogen) atoms. The van der Waals surface area contributed by atoms with Crippen LogP contribution in [0.4, 0.5) is 5.69 Å². The number of methoxy groups -OCH3 is 1. The summed E-state index contributed by atoms with van der Waals surface area (Å²) in [6, 6.07) is 15.8. The zero-order chi connectivity index (χ0) is 22.2. The summed E-state index contributed by atoms with van der Waals surface area (Å²) in [5, 5.41) is 2.73. The second-order valence-electron chi connectivity index (χ2n) is 7.08. The number of carbonyl (C=O) groups is 3. The van der Waals surface area contributed by atoms with Crippen LogP contribution in [0.1, 0.15) is 18.1 Å². The Bertz CT molecular complexity index is 1150. The fraction of sp³-hybridized carbons (Fsp3) is 0.174. The number of fused-ring (bicyclic) bond motifs is 2. The van der Waals surface area contributed by atoms with E-state index in [0.29, 0.717) is 11.3 Å². The molecule has 0 aliphatic carbocycles. The molecule has 0 bridgehead atoms. The Balaban J connectivity index is 1.87. The molecule has 3 N–H and O–H groups in total. The monoisotopic (exact) mass is 420 g/mol. The molecule has 1 amide bonds. The smallest absolute Gasteiger partial charge is 0.341 e. The molecule has 1 spiro atoms. The number of hydrogen-bond donors (Lipinski definition) is 2. The Morgan fingerprint density at radius 1 is 1.03 bits per heavy atom. The molecule has 2 aliphatic rings. The standard InChI is InChI=1S/C23H20N2O6/c1-13-17(20(26)29-2)23(15-10-6-7-11-16(15)25-22(23)28)18(19(24)31-13)21(27)30-12-14-8-4-3-5-9-14/h3-11H,12,24H2,1-2H3,(H,25,28)/t23-/m1/s1. The van der Waals surface area contributed by atoms with E-state index in [2.05, 4.69) is 5.32 Å². The number of rotatable bonds is 4. The number of anilines is 1. The van der Waals surface area contributed by atoms with Crippen molar-refractivity contribution < 1.29 is 28.6 Å². The van der Waals surface area contributed by atoms with Gasteiger partial charge in [-0.2, -0.15) is 0 Å². The predicted molar refractivity (Wildman–Crippen MR) is 110 cm³/mol. The minimum atomic E-state index is -1.86. The third-order valence-electron chi connectivity index (χ3n) is 5.34.